The van der Waals surface area contributed by atoms with Crippen LogP contribution in [-0.2, 0) is 17.4 Å². The third kappa shape index (κ3) is 6.13. The van der Waals surface area contributed by atoms with Crippen LogP contribution < -0.4 is 15.4 Å². The maximum absolute atomic E-state index is 13.1. The lowest BCUT2D eigenvalue weighted by molar-refractivity contribution is -0.138. The quantitative estimate of drug-likeness (QED) is 0.416. The summed E-state index contributed by atoms with van der Waals surface area (Å²) in [5.41, 5.74) is 0.803. The number of nitrogens with zero attached hydrogens (tertiary/aromatic N) is 2. The van der Waals surface area contributed by atoms with Crippen LogP contribution in [0.2, 0.25) is 0 Å². The van der Waals surface area contributed by atoms with Crippen LogP contribution in [0.15, 0.2) is 70.3 Å². The van der Waals surface area contributed by atoms with E-state index in [4.69, 9.17) is 4.74 Å². The van der Waals surface area contributed by atoms with E-state index in [1.54, 1.807) is 24.4 Å². The van der Waals surface area contributed by atoms with Gasteiger partial charge in [0, 0.05) is 35.4 Å². The van der Waals surface area contributed by atoms with Crippen LogP contribution in [-0.4, -0.2) is 29.8 Å². The Morgan fingerprint density at radius 1 is 1.12 bits per heavy atom. The minimum atomic E-state index is -4.52. The van der Waals surface area contributed by atoms with Gasteiger partial charge in [0.05, 0.1) is 12.1 Å². The van der Waals surface area contributed by atoms with E-state index in [2.05, 4.69) is 36.5 Å². The highest BCUT2D eigenvalue weighted by Gasteiger charge is 2.33. The number of alkyl halides is 3. The fourth-order valence-corrected chi connectivity index (χ4v) is 3.85. The van der Waals surface area contributed by atoms with Crippen LogP contribution in [0, 0.1) is 0 Å². The monoisotopic (exact) mass is 532 g/mol. The average molecular weight is 533 g/mol. The molecule has 1 amide bonds. The summed E-state index contributed by atoms with van der Waals surface area (Å²) in [4.78, 5) is 21.0. The van der Waals surface area contributed by atoms with E-state index in [1.807, 2.05) is 18.2 Å². The summed E-state index contributed by atoms with van der Waals surface area (Å²) in [6.07, 6.45) is -2.37. The maximum Gasteiger partial charge on any atom is 0.417 e. The number of carbonyl (C=O) groups is 1. The molecule has 34 heavy (non-hydrogen) atoms. The first-order valence-corrected chi connectivity index (χ1v) is 11.3. The van der Waals surface area contributed by atoms with Crippen molar-refractivity contribution in [1.29, 1.82) is 0 Å². The van der Waals surface area contributed by atoms with Gasteiger partial charge in [0.2, 0.25) is 5.91 Å². The van der Waals surface area contributed by atoms with Crippen LogP contribution in [0.5, 0.6) is 11.5 Å². The standard InChI is InChI=1S/C24H20BrF3N4O2/c25-20-6-5-16(13-19(20)24(26,27)28)32-22(33)7-4-15-2-1-3-17(12-15)34-18-8-9-29-21(14-18)23-30-10-11-31-23/h1-3,5-6,8-9,12-14H,4,7,10-11H2,(H,30,31)(H,32,33). The number of aromatic nitrogens is 1. The molecule has 1 aliphatic rings. The van der Waals surface area contributed by atoms with Gasteiger partial charge in [-0.1, -0.05) is 28.1 Å². The number of rotatable bonds is 7. The molecule has 0 aliphatic carbocycles. The molecule has 1 aromatic heterocycles. The fraction of sp³-hybridized carbons (Fsp3) is 0.208. The number of carbonyl (C=O) groups excluding carboxylic acids is 1. The van der Waals surface area contributed by atoms with E-state index in [1.165, 1.54) is 12.1 Å². The largest absolute Gasteiger partial charge is 0.457 e. The molecule has 0 atom stereocenters. The lowest BCUT2D eigenvalue weighted by Crippen LogP contribution is -2.20. The van der Waals surface area contributed by atoms with Gasteiger partial charge in [0.15, 0.2) is 0 Å². The lowest BCUT2D eigenvalue weighted by atomic mass is 10.1. The second-order valence-corrected chi connectivity index (χ2v) is 8.38. The minimum absolute atomic E-state index is 0.0800. The number of nitrogens with one attached hydrogen (secondary N) is 2. The molecule has 176 valence electrons. The highest BCUT2D eigenvalue weighted by molar-refractivity contribution is 9.10. The smallest absolute Gasteiger partial charge is 0.417 e. The predicted octanol–water partition coefficient (Wildman–Crippen LogP) is 5.58. The Morgan fingerprint density at radius 3 is 2.71 bits per heavy atom. The van der Waals surface area contributed by atoms with Gasteiger partial charge in [-0.3, -0.25) is 14.8 Å². The van der Waals surface area contributed by atoms with E-state index in [9.17, 15) is 18.0 Å². The van der Waals surface area contributed by atoms with Gasteiger partial charge in [-0.25, -0.2) is 0 Å². The van der Waals surface area contributed by atoms with Gasteiger partial charge >= 0.3 is 6.18 Å². The summed E-state index contributed by atoms with van der Waals surface area (Å²) >= 11 is 2.89. The van der Waals surface area contributed by atoms with E-state index in [-0.39, 0.29) is 22.5 Å². The molecule has 3 aromatic rings. The van der Waals surface area contributed by atoms with E-state index in [0.717, 1.165) is 24.0 Å². The molecule has 2 heterocycles. The number of anilines is 1. The number of halogens is 4. The number of hydrogen-bond donors (Lipinski definition) is 2. The van der Waals surface area contributed by atoms with Gasteiger partial charge < -0.3 is 15.4 Å². The van der Waals surface area contributed by atoms with Gasteiger partial charge in [0.1, 0.15) is 23.0 Å². The number of hydrogen-bond acceptors (Lipinski definition) is 5. The molecule has 0 radical (unpaired) electrons. The van der Waals surface area contributed by atoms with Crippen molar-refractivity contribution in [2.75, 3.05) is 18.4 Å². The molecule has 2 aromatic carbocycles. The Kier molecular flexibility index (Phi) is 7.16. The molecule has 4 rings (SSSR count). The number of aryl methyl sites for hydroxylation is 1. The molecular weight excluding hydrogens is 513 g/mol. The van der Waals surface area contributed by atoms with Gasteiger partial charge in [-0.2, -0.15) is 13.2 Å². The van der Waals surface area contributed by atoms with E-state index in [0.29, 0.717) is 30.2 Å². The first-order valence-electron chi connectivity index (χ1n) is 10.5. The number of aliphatic imine (C=N–C) groups is 1. The maximum atomic E-state index is 13.1. The molecule has 2 N–H and O–H groups in total. The summed E-state index contributed by atoms with van der Waals surface area (Å²) in [6, 6.07) is 14.4. The molecule has 0 bridgehead atoms. The second-order valence-electron chi connectivity index (χ2n) is 7.52. The second kappa shape index (κ2) is 10.3. The van der Waals surface area contributed by atoms with Gasteiger partial charge in [-0.15, -0.1) is 0 Å². The first-order chi connectivity index (χ1) is 16.3. The number of amidine groups is 1. The van der Waals surface area contributed by atoms with Crippen LogP contribution in [0.1, 0.15) is 23.2 Å². The SMILES string of the molecule is O=C(CCc1cccc(Oc2ccnc(C3=NCCN3)c2)c1)Nc1ccc(Br)c(C(F)(F)F)c1. The Hall–Kier alpha value is -3.40. The Balaban J connectivity index is 1.36. The molecule has 0 spiro atoms. The molecule has 0 unspecified atom stereocenters. The number of amides is 1. The Labute approximate surface area is 202 Å². The molecule has 0 saturated carbocycles. The van der Waals surface area contributed by atoms with Crippen molar-refractivity contribution in [3.8, 4) is 11.5 Å². The van der Waals surface area contributed by atoms with Crippen molar-refractivity contribution in [1.82, 2.24) is 10.3 Å². The summed E-state index contributed by atoms with van der Waals surface area (Å²) in [5, 5.41) is 5.69. The zero-order chi connectivity index (χ0) is 24.1. The third-order valence-electron chi connectivity index (χ3n) is 4.98. The summed E-state index contributed by atoms with van der Waals surface area (Å²) < 4.78 is 45.1. The van der Waals surface area contributed by atoms with Crippen LogP contribution in [0.4, 0.5) is 18.9 Å². The zero-order valence-corrected chi connectivity index (χ0v) is 19.4. The zero-order valence-electron chi connectivity index (χ0n) is 17.8. The van der Waals surface area contributed by atoms with Crippen molar-refractivity contribution in [2.24, 2.45) is 4.99 Å². The summed E-state index contributed by atoms with van der Waals surface area (Å²) in [7, 11) is 0. The molecule has 1 aliphatic heterocycles. The Bertz CT molecular complexity index is 1230. The predicted molar refractivity (Wildman–Crippen MR) is 126 cm³/mol. The summed E-state index contributed by atoms with van der Waals surface area (Å²) in [5.74, 6) is 1.55. The number of benzene rings is 2. The highest BCUT2D eigenvalue weighted by Crippen LogP contribution is 2.36. The Morgan fingerprint density at radius 2 is 1.94 bits per heavy atom. The molecule has 0 fully saturated rings. The van der Waals surface area contributed by atoms with Crippen LogP contribution >= 0.6 is 15.9 Å². The first kappa shape index (κ1) is 23.7. The highest BCUT2D eigenvalue weighted by atomic mass is 79.9. The number of pyridine rings is 1. The topological polar surface area (TPSA) is 75.6 Å². The fourth-order valence-electron chi connectivity index (χ4n) is 3.38. The minimum Gasteiger partial charge on any atom is -0.457 e. The average Bonchev–Trinajstić information content (AvgIpc) is 3.34. The van der Waals surface area contributed by atoms with Gasteiger partial charge in [0.25, 0.3) is 0 Å². The van der Waals surface area contributed by atoms with Crippen molar-refractivity contribution in [3.63, 3.8) is 0 Å². The summed E-state index contributed by atoms with van der Waals surface area (Å²) in [6.45, 7) is 1.49. The van der Waals surface area contributed by atoms with Crippen molar-refractivity contribution >= 4 is 33.4 Å². The van der Waals surface area contributed by atoms with Crippen molar-refractivity contribution in [3.05, 3.63) is 82.1 Å². The van der Waals surface area contributed by atoms with Crippen LogP contribution in [0.3, 0.4) is 0 Å². The van der Waals surface area contributed by atoms with Crippen molar-refractivity contribution in [2.45, 2.75) is 19.0 Å². The van der Waals surface area contributed by atoms with Crippen molar-refractivity contribution < 1.29 is 22.7 Å². The van der Waals surface area contributed by atoms with Gasteiger partial charge in [-0.05, 0) is 48.4 Å². The molecular formula is C24H20BrF3N4O2. The van der Waals surface area contributed by atoms with E-state index >= 15 is 0 Å². The lowest BCUT2D eigenvalue weighted by Gasteiger charge is -2.12. The normalized spacial score (nSPS) is 13.2. The molecule has 0 saturated heterocycles. The van der Waals surface area contributed by atoms with E-state index < -0.39 is 11.7 Å². The molecule has 10 heteroatoms. The van der Waals surface area contributed by atoms with Crippen LogP contribution in [0.25, 0.3) is 0 Å². The number of ether oxygens (including phenoxy) is 1. The molecule has 6 nitrogen and oxygen atoms in total. The third-order valence-corrected chi connectivity index (χ3v) is 5.67.